The van der Waals surface area contributed by atoms with E-state index in [1.165, 1.54) is 0 Å². The molecule has 4 N–H and O–H groups in total. The molecule has 0 unspecified atom stereocenters. The Labute approximate surface area is 154 Å². The molecule has 2 fully saturated rings. The standard InChI is InChI=1S/C20H28N2O4/c21-15-4-8-17(9-5-15)25-19(23)13-2-1-3-14(12-13)20(24)26-18-10-6-16(22)7-11-18/h1-3,12,15-18H,4-11,21-22H2. The Morgan fingerprint density at radius 3 is 1.50 bits per heavy atom. The Morgan fingerprint density at radius 2 is 1.12 bits per heavy atom. The lowest BCUT2D eigenvalue weighted by Crippen LogP contribution is -2.31. The molecule has 142 valence electrons. The molecule has 0 heterocycles. The van der Waals surface area contributed by atoms with Crippen molar-refractivity contribution in [2.45, 2.75) is 75.7 Å². The SMILES string of the molecule is NC1CCC(OC(=O)c2cccc(C(=O)OC3CCC(N)CC3)c2)CC1. The lowest BCUT2D eigenvalue weighted by molar-refractivity contribution is 0.0195. The second-order valence-corrected chi connectivity index (χ2v) is 7.46. The number of ether oxygens (including phenoxy) is 2. The second-order valence-electron chi connectivity index (χ2n) is 7.46. The van der Waals surface area contributed by atoms with Crippen LogP contribution in [-0.2, 0) is 9.47 Å². The first kappa shape index (κ1) is 18.9. The van der Waals surface area contributed by atoms with Crippen molar-refractivity contribution >= 4 is 11.9 Å². The smallest absolute Gasteiger partial charge is 0.338 e. The van der Waals surface area contributed by atoms with E-state index in [4.69, 9.17) is 20.9 Å². The van der Waals surface area contributed by atoms with Crippen LogP contribution in [0, 0.1) is 0 Å². The highest BCUT2D eigenvalue weighted by molar-refractivity contribution is 5.95. The summed E-state index contributed by atoms with van der Waals surface area (Å²) in [6, 6.07) is 6.96. The van der Waals surface area contributed by atoms with Crippen LogP contribution in [-0.4, -0.2) is 36.2 Å². The number of hydrogen-bond acceptors (Lipinski definition) is 6. The Balaban J connectivity index is 1.56. The fourth-order valence-electron chi connectivity index (χ4n) is 3.62. The second kappa shape index (κ2) is 8.64. The molecule has 2 saturated carbocycles. The number of carbonyl (C=O) groups is 2. The highest BCUT2D eigenvalue weighted by atomic mass is 16.5. The highest BCUT2D eigenvalue weighted by Crippen LogP contribution is 2.23. The molecule has 3 rings (SSSR count). The van der Waals surface area contributed by atoms with E-state index >= 15 is 0 Å². The quantitative estimate of drug-likeness (QED) is 0.800. The van der Waals surface area contributed by atoms with Gasteiger partial charge in [0.2, 0.25) is 0 Å². The van der Waals surface area contributed by atoms with Crippen molar-refractivity contribution in [1.82, 2.24) is 0 Å². The highest BCUT2D eigenvalue weighted by Gasteiger charge is 2.24. The topological polar surface area (TPSA) is 105 Å². The third-order valence-electron chi connectivity index (χ3n) is 5.32. The lowest BCUT2D eigenvalue weighted by atomic mass is 9.93. The lowest BCUT2D eigenvalue weighted by Gasteiger charge is -2.26. The van der Waals surface area contributed by atoms with Crippen LogP contribution in [0.1, 0.15) is 72.1 Å². The molecule has 0 spiro atoms. The number of rotatable bonds is 4. The molecule has 6 heteroatoms. The molecule has 0 bridgehead atoms. The Kier molecular flexibility index (Phi) is 6.27. The van der Waals surface area contributed by atoms with E-state index in [2.05, 4.69) is 0 Å². The van der Waals surface area contributed by atoms with Gasteiger partial charge < -0.3 is 20.9 Å². The van der Waals surface area contributed by atoms with Crippen molar-refractivity contribution in [3.05, 3.63) is 35.4 Å². The molecule has 2 aliphatic carbocycles. The maximum absolute atomic E-state index is 12.4. The zero-order valence-electron chi connectivity index (χ0n) is 15.1. The van der Waals surface area contributed by atoms with Gasteiger partial charge in [0.05, 0.1) is 11.1 Å². The van der Waals surface area contributed by atoms with Gasteiger partial charge in [0, 0.05) is 12.1 Å². The van der Waals surface area contributed by atoms with Gasteiger partial charge in [0.25, 0.3) is 0 Å². The maximum atomic E-state index is 12.4. The average molecular weight is 360 g/mol. The molecule has 2 aliphatic rings. The van der Waals surface area contributed by atoms with Crippen LogP contribution >= 0.6 is 0 Å². The summed E-state index contributed by atoms with van der Waals surface area (Å²) in [6.45, 7) is 0. The van der Waals surface area contributed by atoms with E-state index in [1.54, 1.807) is 24.3 Å². The first-order chi connectivity index (χ1) is 12.5. The Bertz CT molecular complexity index is 581. The van der Waals surface area contributed by atoms with Crippen molar-refractivity contribution in [3.63, 3.8) is 0 Å². The number of benzene rings is 1. The van der Waals surface area contributed by atoms with Gasteiger partial charge in [-0.05, 0) is 69.6 Å². The summed E-state index contributed by atoms with van der Waals surface area (Å²) in [6.07, 6.45) is 6.46. The van der Waals surface area contributed by atoms with Crippen molar-refractivity contribution in [1.29, 1.82) is 0 Å². The van der Waals surface area contributed by atoms with E-state index < -0.39 is 11.9 Å². The number of esters is 2. The summed E-state index contributed by atoms with van der Waals surface area (Å²) in [5.74, 6) is -0.799. The maximum Gasteiger partial charge on any atom is 0.338 e. The summed E-state index contributed by atoms with van der Waals surface area (Å²) < 4.78 is 11.1. The number of carbonyl (C=O) groups excluding carboxylic acids is 2. The molecule has 1 aromatic carbocycles. The van der Waals surface area contributed by atoms with Gasteiger partial charge >= 0.3 is 11.9 Å². The van der Waals surface area contributed by atoms with Gasteiger partial charge in [0.15, 0.2) is 0 Å². The minimum Gasteiger partial charge on any atom is -0.459 e. The third kappa shape index (κ3) is 5.05. The van der Waals surface area contributed by atoms with E-state index in [-0.39, 0.29) is 24.3 Å². The molecule has 6 nitrogen and oxygen atoms in total. The fourth-order valence-corrected chi connectivity index (χ4v) is 3.62. The average Bonchev–Trinajstić information content (AvgIpc) is 2.65. The molecule has 0 amide bonds. The predicted octanol–water partition coefficient (Wildman–Crippen LogP) is 2.54. The van der Waals surface area contributed by atoms with Crippen LogP contribution < -0.4 is 11.5 Å². The monoisotopic (exact) mass is 360 g/mol. The van der Waals surface area contributed by atoms with Crippen LogP contribution in [0.3, 0.4) is 0 Å². The molecule has 0 aromatic heterocycles. The van der Waals surface area contributed by atoms with Crippen LogP contribution in [0.25, 0.3) is 0 Å². The van der Waals surface area contributed by atoms with Gasteiger partial charge in [-0.3, -0.25) is 0 Å². The van der Waals surface area contributed by atoms with E-state index in [9.17, 15) is 9.59 Å². The van der Waals surface area contributed by atoms with Crippen molar-refractivity contribution in [2.24, 2.45) is 11.5 Å². The zero-order chi connectivity index (χ0) is 18.5. The molecular formula is C20H28N2O4. The zero-order valence-corrected chi connectivity index (χ0v) is 15.1. The van der Waals surface area contributed by atoms with Crippen LogP contribution in [0.4, 0.5) is 0 Å². The summed E-state index contributed by atoms with van der Waals surface area (Å²) in [7, 11) is 0. The molecular weight excluding hydrogens is 332 g/mol. The fraction of sp³-hybridized carbons (Fsp3) is 0.600. The Hall–Kier alpha value is -1.92. The van der Waals surface area contributed by atoms with E-state index in [1.807, 2.05) is 0 Å². The van der Waals surface area contributed by atoms with Crippen molar-refractivity contribution < 1.29 is 19.1 Å². The van der Waals surface area contributed by atoms with Crippen molar-refractivity contribution in [2.75, 3.05) is 0 Å². The Morgan fingerprint density at radius 1 is 0.731 bits per heavy atom. The van der Waals surface area contributed by atoms with Crippen LogP contribution in [0.5, 0.6) is 0 Å². The minimum atomic E-state index is -0.399. The van der Waals surface area contributed by atoms with E-state index in [0.29, 0.717) is 11.1 Å². The molecule has 26 heavy (non-hydrogen) atoms. The number of nitrogens with two attached hydrogens (primary N) is 2. The van der Waals surface area contributed by atoms with Crippen LogP contribution in [0.2, 0.25) is 0 Å². The molecule has 0 atom stereocenters. The third-order valence-corrected chi connectivity index (χ3v) is 5.32. The van der Waals surface area contributed by atoms with Gasteiger partial charge in [-0.2, -0.15) is 0 Å². The summed E-state index contributed by atoms with van der Waals surface area (Å²) in [5, 5.41) is 0. The summed E-state index contributed by atoms with van der Waals surface area (Å²) >= 11 is 0. The molecule has 1 aromatic rings. The van der Waals surface area contributed by atoms with Gasteiger partial charge in [-0.25, -0.2) is 9.59 Å². The largest absolute Gasteiger partial charge is 0.459 e. The van der Waals surface area contributed by atoms with Gasteiger partial charge in [-0.15, -0.1) is 0 Å². The minimum absolute atomic E-state index is 0.0932. The summed E-state index contributed by atoms with van der Waals surface area (Å²) in [5.41, 5.74) is 12.5. The normalized spacial score (nSPS) is 29.0. The number of hydrogen-bond donors (Lipinski definition) is 2. The molecule has 0 aliphatic heterocycles. The van der Waals surface area contributed by atoms with E-state index in [0.717, 1.165) is 51.4 Å². The van der Waals surface area contributed by atoms with Gasteiger partial charge in [-0.1, -0.05) is 6.07 Å². The molecule has 0 saturated heterocycles. The predicted molar refractivity (Wildman–Crippen MR) is 97.7 cm³/mol. The van der Waals surface area contributed by atoms with Crippen LogP contribution in [0.15, 0.2) is 24.3 Å². The summed E-state index contributed by atoms with van der Waals surface area (Å²) in [4.78, 5) is 24.8. The first-order valence-electron chi connectivity index (χ1n) is 9.54. The first-order valence-corrected chi connectivity index (χ1v) is 9.54. The molecule has 0 radical (unpaired) electrons. The van der Waals surface area contributed by atoms with Gasteiger partial charge in [0.1, 0.15) is 12.2 Å². The van der Waals surface area contributed by atoms with Crippen molar-refractivity contribution in [3.8, 4) is 0 Å².